The van der Waals surface area contributed by atoms with Gasteiger partial charge in [-0.15, -0.1) is 5.10 Å². The van der Waals surface area contributed by atoms with E-state index in [-0.39, 0.29) is 23.9 Å². The van der Waals surface area contributed by atoms with E-state index in [2.05, 4.69) is 21.5 Å². The Balaban J connectivity index is 1.45. The summed E-state index contributed by atoms with van der Waals surface area (Å²) in [6.07, 6.45) is 2.08. The van der Waals surface area contributed by atoms with Gasteiger partial charge in [0.1, 0.15) is 5.75 Å². The molecule has 2 bridgehead atoms. The Morgan fingerprint density at radius 2 is 2.21 bits per heavy atom. The standard InChI is InChI=1S/C18H20ClN7O2/c1-3-26-18(28-13-6-4-5-12(19)8-13)23-17(24-26)22-15-11-7-14(15)25(9-11)16(21)27-10(2)20/h4-8,11,15,20-21H,3,9H2,1-2H3,(H,22,24). The van der Waals surface area contributed by atoms with E-state index in [0.29, 0.717) is 35.8 Å². The largest absolute Gasteiger partial charge is 0.424 e. The van der Waals surface area contributed by atoms with E-state index in [1.54, 1.807) is 27.8 Å². The molecule has 3 aliphatic rings. The Morgan fingerprint density at radius 1 is 1.39 bits per heavy atom. The maximum atomic E-state index is 7.98. The molecule has 3 heterocycles. The molecule has 1 aromatic heterocycles. The predicted molar refractivity (Wildman–Crippen MR) is 105 cm³/mol. The lowest BCUT2D eigenvalue weighted by Crippen LogP contribution is -2.35. The van der Waals surface area contributed by atoms with Crippen LogP contribution in [-0.2, 0) is 11.3 Å². The molecular formula is C18H20ClN7O2. The zero-order chi connectivity index (χ0) is 19.8. The lowest BCUT2D eigenvalue weighted by atomic mass is 9.91. The van der Waals surface area contributed by atoms with Crippen LogP contribution in [0.4, 0.5) is 5.95 Å². The fourth-order valence-corrected chi connectivity index (χ4v) is 3.46. The van der Waals surface area contributed by atoms with E-state index >= 15 is 0 Å². The molecule has 28 heavy (non-hydrogen) atoms. The van der Waals surface area contributed by atoms with Crippen molar-refractivity contribution in [1.29, 1.82) is 10.8 Å². The highest BCUT2D eigenvalue weighted by atomic mass is 35.5. The summed E-state index contributed by atoms with van der Waals surface area (Å²) in [5, 5.41) is 23.7. The van der Waals surface area contributed by atoms with Crippen LogP contribution in [-0.4, -0.2) is 44.2 Å². The molecule has 1 saturated heterocycles. The average Bonchev–Trinajstić information content (AvgIpc) is 3.32. The fourth-order valence-electron chi connectivity index (χ4n) is 3.28. The van der Waals surface area contributed by atoms with Gasteiger partial charge in [0.2, 0.25) is 5.95 Å². The Hall–Kier alpha value is -3.07. The van der Waals surface area contributed by atoms with Gasteiger partial charge in [0.05, 0.1) is 6.04 Å². The molecule has 2 atom stereocenters. The van der Waals surface area contributed by atoms with E-state index in [9.17, 15) is 0 Å². The molecule has 2 unspecified atom stereocenters. The minimum Gasteiger partial charge on any atom is -0.424 e. The fraction of sp³-hybridized carbons (Fsp3) is 0.333. The second-order valence-corrected chi connectivity index (χ2v) is 6.98. The van der Waals surface area contributed by atoms with Crippen molar-refractivity contribution in [2.75, 3.05) is 11.9 Å². The van der Waals surface area contributed by atoms with Crippen molar-refractivity contribution in [2.24, 2.45) is 5.92 Å². The highest BCUT2D eigenvalue weighted by molar-refractivity contribution is 6.30. The van der Waals surface area contributed by atoms with Gasteiger partial charge in [-0.3, -0.25) is 15.7 Å². The van der Waals surface area contributed by atoms with Gasteiger partial charge in [-0.2, -0.15) is 4.98 Å². The van der Waals surface area contributed by atoms with Gasteiger partial charge in [0, 0.05) is 36.7 Å². The number of aryl methyl sites for hydroxylation is 1. The average molecular weight is 402 g/mol. The van der Waals surface area contributed by atoms with Crippen LogP contribution in [0.5, 0.6) is 11.8 Å². The molecular weight excluding hydrogens is 382 g/mol. The van der Waals surface area contributed by atoms with Crippen molar-refractivity contribution < 1.29 is 9.47 Å². The van der Waals surface area contributed by atoms with Crippen molar-refractivity contribution >= 4 is 29.5 Å². The molecule has 0 amide bonds. The normalized spacial score (nSPS) is 19.7. The Labute approximate surface area is 166 Å². The highest BCUT2D eigenvalue weighted by Gasteiger charge is 2.46. The number of anilines is 1. The van der Waals surface area contributed by atoms with Crippen LogP contribution >= 0.6 is 11.6 Å². The number of benzene rings is 1. The minimum atomic E-state index is -0.0393. The number of halogens is 1. The first-order valence-electron chi connectivity index (χ1n) is 8.90. The lowest BCUT2D eigenvalue weighted by molar-refractivity contribution is 0.402. The van der Waals surface area contributed by atoms with Crippen LogP contribution in [0.1, 0.15) is 13.8 Å². The lowest BCUT2D eigenvalue weighted by Gasteiger charge is -2.27. The molecule has 10 heteroatoms. The molecule has 5 rings (SSSR count). The predicted octanol–water partition coefficient (Wildman–Crippen LogP) is 3.30. The molecule has 2 aromatic rings. The minimum absolute atomic E-state index is 0.00159. The van der Waals surface area contributed by atoms with Crippen LogP contribution in [0.15, 0.2) is 36.0 Å². The number of nitrogens with zero attached hydrogens (tertiary/aromatic N) is 4. The topological polar surface area (TPSA) is 112 Å². The molecule has 0 radical (unpaired) electrons. The molecule has 2 aliphatic heterocycles. The van der Waals surface area contributed by atoms with Gasteiger partial charge < -0.3 is 14.8 Å². The van der Waals surface area contributed by atoms with E-state index in [0.717, 1.165) is 5.70 Å². The van der Waals surface area contributed by atoms with Crippen LogP contribution in [0.2, 0.25) is 5.02 Å². The van der Waals surface area contributed by atoms with Crippen molar-refractivity contribution in [3.63, 3.8) is 0 Å². The van der Waals surface area contributed by atoms with Gasteiger partial charge in [0.15, 0.2) is 5.90 Å². The Bertz CT molecular complexity index is 971. The maximum absolute atomic E-state index is 7.98. The summed E-state index contributed by atoms with van der Waals surface area (Å²) in [7, 11) is 0. The van der Waals surface area contributed by atoms with Crippen LogP contribution in [0, 0.1) is 16.7 Å². The number of amidine groups is 1. The maximum Gasteiger partial charge on any atom is 0.322 e. The summed E-state index contributed by atoms with van der Waals surface area (Å²) in [6.45, 7) is 4.70. The molecule has 9 nitrogen and oxygen atoms in total. The second-order valence-electron chi connectivity index (χ2n) is 6.54. The first-order valence-corrected chi connectivity index (χ1v) is 9.28. The molecule has 146 valence electrons. The first-order chi connectivity index (χ1) is 13.4. The highest BCUT2D eigenvalue weighted by Crippen LogP contribution is 2.40. The summed E-state index contributed by atoms with van der Waals surface area (Å²) in [5.74, 6) is 1.27. The van der Waals surface area contributed by atoms with E-state index in [4.69, 9.17) is 31.9 Å². The number of nitrogens with one attached hydrogen (secondary N) is 3. The van der Waals surface area contributed by atoms with Crippen molar-refractivity contribution in [3.05, 3.63) is 41.1 Å². The molecule has 1 aliphatic carbocycles. The third kappa shape index (κ3) is 3.40. The van der Waals surface area contributed by atoms with Crippen LogP contribution in [0.3, 0.4) is 0 Å². The van der Waals surface area contributed by atoms with E-state index < -0.39 is 0 Å². The summed E-state index contributed by atoms with van der Waals surface area (Å²) >= 11 is 6.01. The third-order valence-electron chi connectivity index (χ3n) is 4.56. The first kappa shape index (κ1) is 18.3. The Kier molecular flexibility index (Phi) is 4.68. The zero-order valence-corrected chi connectivity index (χ0v) is 16.2. The van der Waals surface area contributed by atoms with Gasteiger partial charge >= 0.3 is 6.01 Å². The number of fused-ring (bicyclic) bond motifs is 1. The second kappa shape index (κ2) is 7.16. The van der Waals surface area contributed by atoms with Gasteiger partial charge in [-0.1, -0.05) is 23.7 Å². The van der Waals surface area contributed by atoms with Gasteiger partial charge in [-0.25, -0.2) is 4.68 Å². The zero-order valence-electron chi connectivity index (χ0n) is 15.4. The quantitative estimate of drug-likeness (QED) is 0.523. The monoisotopic (exact) mass is 401 g/mol. The van der Waals surface area contributed by atoms with Gasteiger partial charge in [-0.05, 0) is 25.1 Å². The van der Waals surface area contributed by atoms with Crippen LogP contribution in [0.25, 0.3) is 0 Å². The molecule has 3 N–H and O–H groups in total. The summed E-state index contributed by atoms with van der Waals surface area (Å²) in [4.78, 5) is 6.20. The summed E-state index contributed by atoms with van der Waals surface area (Å²) in [5.41, 5.74) is 0.932. The SMILES string of the molecule is CCn1nc(NC2C3=CC2CN3C(=N)OC(C)=N)nc1Oc1cccc(Cl)c1. The van der Waals surface area contributed by atoms with Crippen molar-refractivity contribution in [1.82, 2.24) is 19.7 Å². The number of hydrogen-bond acceptors (Lipinski definition) is 7. The van der Waals surface area contributed by atoms with Crippen molar-refractivity contribution in [2.45, 2.75) is 26.4 Å². The number of rotatable bonds is 5. The Morgan fingerprint density at radius 3 is 2.93 bits per heavy atom. The molecule has 1 aromatic carbocycles. The third-order valence-corrected chi connectivity index (χ3v) is 4.79. The summed E-state index contributed by atoms with van der Waals surface area (Å²) < 4.78 is 12.6. The summed E-state index contributed by atoms with van der Waals surface area (Å²) in [6, 6.07) is 7.45. The molecule has 1 fully saturated rings. The van der Waals surface area contributed by atoms with Crippen LogP contribution < -0.4 is 10.1 Å². The number of ether oxygens (including phenoxy) is 2. The van der Waals surface area contributed by atoms with E-state index in [1.807, 2.05) is 13.0 Å². The molecule has 0 saturated carbocycles. The number of hydrogen-bond donors (Lipinski definition) is 3. The number of aromatic nitrogens is 3. The van der Waals surface area contributed by atoms with Gasteiger partial charge in [0.25, 0.3) is 6.02 Å². The van der Waals surface area contributed by atoms with E-state index in [1.165, 1.54) is 6.92 Å². The molecule has 0 spiro atoms. The van der Waals surface area contributed by atoms with Crippen molar-refractivity contribution in [3.8, 4) is 11.8 Å². The smallest absolute Gasteiger partial charge is 0.322 e.